The highest BCUT2D eigenvalue weighted by Gasteiger charge is 2.39. The van der Waals surface area contributed by atoms with Crippen molar-refractivity contribution in [2.75, 3.05) is 11.2 Å². The van der Waals surface area contributed by atoms with E-state index in [-0.39, 0.29) is 10.9 Å². The zero-order valence-electron chi connectivity index (χ0n) is 14.2. The number of carbonyl (C=O) groups is 1. The molecular weight excluding hydrogens is 419 g/mol. The molecule has 1 N–H and O–H groups in total. The Labute approximate surface area is 159 Å². The summed E-state index contributed by atoms with van der Waals surface area (Å²) in [6.07, 6.45) is -7.82. The quantitative estimate of drug-likeness (QED) is 0.554. The maximum absolute atomic E-state index is 13.1. The summed E-state index contributed by atoms with van der Waals surface area (Å²) < 4.78 is 66.4. The van der Waals surface area contributed by atoms with Crippen molar-refractivity contribution in [2.45, 2.75) is 44.6 Å². The fourth-order valence-electron chi connectivity index (χ4n) is 2.12. The molecule has 1 atom stereocenters. The van der Waals surface area contributed by atoms with Gasteiger partial charge in [0.05, 0.1) is 10.7 Å². The largest absolute Gasteiger partial charge is 0.436 e. The van der Waals surface area contributed by atoms with Gasteiger partial charge in [-0.05, 0) is 19.6 Å². The molecule has 0 aliphatic carbocycles. The number of halogens is 6. The molecule has 0 aliphatic rings. The van der Waals surface area contributed by atoms with Crippen LogP contribution in [-0.4, -0.2) is 36.3 Å². The number of alkyl halides is 5. The van der Waals surface area contributed by atoms with Gasteiger partial charge in [0, 0.05) is 0 Å². The van der Waals surface area contributed by atoms with Gasteiger partial charge < -0.3 is 0 Å². The first-order valence-corrected chi connectivity index (χ1v) is 8.84. The Hall–Kier alpha value is -1.89. The van der Waals surface area contributed by atoms with Gasteiger partial charge in [-0.2, -0.15) is 18.3 Å². The van der Waals surface area contributed by atoms with Crippen molar-refractivity contribution >= 4 is 29.3 Å². The van der Waals surface area contributed by atoms with Crippen molar-refractivity contribution in [3.8, 4) is 0 Å². The van der Waals surface area contributed by atoms with Crippen LogP contribution in [0.15, 0.2) is 5.16 Å². The van der Waals surface area contributed by atoms with Crippen LogP contribution in [0.5, 0.6) is 0 Å². The van der Waals surface area contributed by atoms with Crippen LogP contribution in [0.2, 0.25) is 5.02 Å². The van der Waals surface area contributed by atoms with Gasteiger partial charge in [0.25, 0.3) is 12.3 Å². The molecule has 2 rings (SSSR count). The number of nitrogens with zero attached hydrogens (tertiary/aromatic N) is 5. The lowest BCUT2D eigenvalue weighted by molar-refractivity contribution is -0.141. The summed E-state index contributed by atoms with van der Waals surface area (Å²) in [6.45, 7) is 4.25. The van der Waals surface area contributed by atoms with Crippen LogP contribution in [0.25, 0.3) is 0 Å². The molecule has 2 aromatic heterocycles. The van der Waals surface area contributed by atoms with Gasteiger partial charge in [0.2, 0.25) is 11.0 Å². The summed E-state index contributed by atoms with van der Waals surface area (Å²) in [5.74, 6) is -1.22. The molecule has 27 heavy (non-hydrogen) atoms. The molecule has 0 radical (unpaired) electrons. The number of carbonyl (C=O) groups excluding carboxylic acids is 1. The van der Waals surface area contributed by atoms with E-state index in [1.54, 1.807) is 6.92 Å². The van der Waals surface area contributed by atoms with E-state index in [9.17, 15) is 26.7 Å². The Morgan fingerprint density at radius 2 is 1.96 bits per heavy atom. The number of hydrogen-bond donors (Lipinski definition) is 1. The maximum atomic E-state index is 13.1. The molecule has 14 heteroatoms. The van der Waals surface area contributed by atoms with E-state index >= 15 is 0 Å². The smallest absolute Gasteiger partial charge is 0.271 e. The molecule has 0 saturated heterocycles. The first kappa shape index (κ1) is 21.4. The molecule has 0 aliphatic heterocycles. The highest BCUT2D eigenvalue weighted by atomic mass is 35.5. The second kappa shape index (κ2) is 8.00. The Kier molecular flexibility index (Phi) is 6.35. The number of amides is 1. The molecule has 0 spiro atoms. The van der Waals surface area contributed by atoms with Crippen LogP contribution in [0.4, 0.5) is 22.0 Å². The van der Waals surface area contributed by atoms with Crippen molar-refractivity contribution < 1.29 is 26.7 Å². The average molecular weight is 433 g/mol. The molecule has 0 unspecified atom stereocenters. The van der Waals surface area contributed by atoms with Crippen LogP contribution in [-0.2, 0) is 11.0 Å². The van der Waals surface area contributed by atoms with Crippen molar-refractivity contribution in [3.05, 3.63) is 22.2 Å². The van der Waals surface area contributed by atoms with Crippen LogP contribution in [0.1, 0.15) is 43.5 Å². The van der Waals surface area contributed by atoms with Crippen molar-refractivity contribution in [3.63, 3.8) is 0 Å². The molecule has 1 amide bonds. The molecule has 0 bridgehead atoms. The van der Waals surface area contributed by atoms with Crippen LogP contribution in [0, 0.1) is 6.92 Å². The Bertz CT molecular complexity index is 836. The number of hydrogen-bond acceptors (Lipinski definition) is 5. The lowest BCUT2D eigenvalue weighted by Crippen LogP contribution is -2.32. The monoisotopic (exact) mass is 432 g/mol. The number of rotatable bonds is 6. The minimum absolute atomic E-state index is 0.0135. The lowest BCUT2D eigenvalue weighted by Gasteiger charge is -2.16. The Morgan fingerprint density at radius 1 is 1.33 bits per heavy atom. The van der Waals surface area contributed by atoms with Crippen molar-refractivity contribution in [1.29, 1.82) is 0 Å². The number of nitrogens with one attached hydrogen (secondary N) is 1. The fraction of sp³-hybridized carbons (Fsp3) is 0.538. The summed E-state index contributed by atoms with van der Waals surface area (Å²) in [5, 5.41) is 9.62. The van der Waals surface area contributed by atoms with Crippen LogP contribution in [0.3, 0.4) is 0 Å². The number of thioether (sulfide) groups is 1. The predicted octanol–water partition coefficient (Wildman–Crippen LogP) is 3.84. The first-order chi connectivity index (χ1) is 12.5. The second-order valence-corrected chi connectivity index (χ2v) is 6.86. The van der Waals surface area contributed by atoms with Gasteiger partial charge in [-0.3, -0.25) is 14.9 Å². The SMILES string of the molecule is CCSc1nnc(C(F)F)n1NC(=O)[C@H](C)n1nc(C(F)(F)F)c(Cl)c1C. The second-order valence-electron chi connectivity index (χ2n) is 5.25. The van der Waals surface area contributed by atoms with Crippen LogP contribution >= 0.6 is 23.4 Å². The summed E-state index contributed by atoms with van der Waals surface area (Å²) in [4.78, 5) is 12.4. The van der Waals surface area contributed by atoms with Gasteiger partial charge >= 0.3 is 6.18 Å². The van der Waals surface area contributed by atoms with Gasteiger partial charge in [0.15, 0.2) is 5.69 Å². The van der Waals surface area contributed by atoms with Gasteiger partial charge in [-0.1, -0.05) is 30.3 Å². The van der Waals surface area contributed by atoms with E-state index in [4.69, 9.17) is 11.6 Å². The van der Waals surface area contributed by atoms with Gasteiger partial charge in [0.1, 0.15) is 6.04 Å². The van der Waals surface area contributed by atoms with E-state index in [0.717, 1.165) is 16.4 Å². The Morgan fingerprint density at radius 3 is 2.44 bits per heavy atom. The summed E-state index contributed by atoms with van der Waals surface area (Å²) in [6, 6.07) is -1.27. The summed E-state index contributed by atoms with van der Waals surface area (Å²) >= 11 is 6.71. The third-order valence-corrected chi connectivity index (χ3v) is 4.70. The van der Waals surface area contributed by atoms with Gasteiger partial charge in [-0.15, -0.1) is 10.2 Å². The van der Waals surface area contributed by atoms with E-state index in [1.165, 1.54) is 13.8 Å². The molecule has 150 valence electrons. The van der Waals surface area contributed by atoms with Crippen molar-refractivity contribution in [1.82, 2.24) is 24.7 Å². The zero-order chi connectivity index (χ0) is 20.5. The third-order valence-electron chi connectivity index (χ3n) is 3.44. The highest BCUT2D eigenvalue weighted by Crippen LogP contribution is 2.36. The summed E-state index contributed by atoms with van der Waals surface area (Å²) in [5.41, 5.74) is 0.763. The van der Waals surface area contributed by atoms with E-state index in [2.05, 4.69) is 20.7 Å². The standard InChI is InChI=1S/C13H14ClF5N6OS/c1-4-27-12-21-20-10(9(15)16)25(12)23-11(26)6(3)24-5(2)7(14)8(22-24)13(17,18)19/h6,9H,4H2,1-3H3,(H,23,26)/t6-/m0/s1. The molecule has 0 aromatic carbocycles. The normalized spacial score (nSPS) is 13.3. The van der Waals surface area contributed by atoms with E-state index < -0.39 is 41.1 Å². The molecule has 7 nitrogen and oxygen atoms in total. The number of aromatic nitrogens is 5. The van der Waals surface area contributed by atoms with Crippen LogP contribution < -0.4 is 5.43 Å². The Balaban J connectivity index is 2.34. The van der Waals surface area contributed by atoms with E-state index in [0.29, 0.717) is 10.4 Å². The van der Waals surface area contributed by atoms with E-state index in [1.807, 2.05) is 0 Å². The molecule has 2 heterocycles. The molecule has 2 aromatic rings. The minimum atomic E-state index is -4.80. The summed E-state index contributed by atoms with van der Waals surface area (Å²) in [7, 11) is 0. The maximum Gasteiger partial charge on any atom is 0.436 e. The van der Waals surface area contributed by atoms with Gasteiger partial charge in [-0.25, -0.2) is 13.5 Å². The molecular formula is C13H14ClF5N6OS. The van der Waals surface area contributed by atoms with Crippen molar-refractivity contribution in [2.24, 2.45) is 0 Å². The topological polar surface area (TPSA) is 77.6 Å². The molecule has 0 fully saturated rings. The fourth-order valence-corrected chi connectivity index (χ4v) is 2.98. The zero-order valence-corrected chi connectivity index (χ0v) is 15.8. The average Bonchev–Trinajstić information content (AvgIpc) is 3.09. The minimum Gasteiger partial charge on any atom is -0.271 e. The molecule has 0 saturated carbocycles. The third kappa shape index (κ3) is 4.34. The first-order valence-electron chi connectivity index (χ1n) is 7.47. The predicted molar refractivity (Wildman–Crippen MR) is 87.4 cm³/mol. The highest BCUT2D eigenvalue weighted by molar-refractivity contribution is 7.99. The lowest BCUT2D eigenvalue weighted by atomic mass is 10.3.